The monoisotopic (exact) mass is 359 g/mol. The number of nitrogens with one attached hydrogen (secondary N) is 1. The van der Waals surface area contributed by atoms with E-state index in [0.717, 1.165) is 5.56 Å². The molecule has 1 aromatic rings. The van der Waals surface area contributed by atoms with E-state index >= 15 is 0 Å². The van der Waals surface area contributed by atoms with E-state index in [9.17, 15) is 14.4 Å². The van der Waals surface area contributed by atoms with E-state index in [4.69, 9.17) is 5.53 Å². The molecule has 2 unspecified atom stereocenters. The molecule has 1 aromatic carbocycles. The maximum Gasteiger partial charge on any atom is 0.249 e. The molecular weight excluding hydrogens is 342 g/mol. The maximum absolute atomic E-state index is 12.4. The van der Waals surface area contributed by atoms with Gasteiger partial charge in [-0.25, -0.2) is 0 Å². The van der Waals surface area contributed by atoms with E-state index in [0.29, 0.717) is 0 Å². The second-order valence-electron chi connectivity index (χ2n) is 6.50. The molecule has 8 nitrogen and oxygen atoms in total. The fraction of sp³-hybridized carbons (Fsp3) is 0.438. The Labute approximate surface area is 148 Å². The molecule has 2 fully saturated rings. The molecule has 2 aliphatic heterocycles. The zero-order valence-corrected chi connectivity index (χ0v) is 14.6. The first-order chi connectivity index (χ1) is 11.8. The van der Waals surface area contributed by atoms with Gasteiger partial charge in [-0.1, -0.05) is 30.3 Å². The summed E-state index contributed by atoms with van der Waals surface area (Å²) in [6, 6.07) is 7.78. The molecule has 9 heteroatoms. The first kappa shape index (κ1) is 17.3. The topological polar surface area (TPSA) is 115 Å². The van der Waals surface area contributed by atoms with Gasteiger partial charge in [-0.15, -0.1) is 11.8 Å². The molecule has 2 heterocycles. The van der Waals surface area contributed by atoms with Crippen molar-refractivity contribution in [2.45, 2.75) is 42.5 Å². The van der Waals surface area contributed by atoms with Crippen molar-refractivity contribution in [2.75, 3.05) is 0 Å². The molecule has 0 radical (unpaired) electrons. The second-order valence-corrected chi connectivity index (χ2v) is 8.27. The third-order valence-electron chi connectivity index (χ3n) is 4.34. The molecule has 2 aliphatic rings. The average Bonchev–Trinajstić information content (AvgIpc) is 2.82. The zero-order chi connectivity index (χ0) is 18.2. The van der Waals surface area contributed by atoms with Crippen LogP contribution in [0.15, 0.2) is 35.4 Å². The summed E-state index contributed by atoms with van der Waals surface area (Å²) in [6.07, 6.45) is 0.187. The second kappa shape index (κ2) is 6.42. The molecule has 3 rings (SSSR count). The standard InChI is InChI=1S/C16H17N5O3S/c1-16(2)12(13(23)19-20-17)21-14(24)11(15(21)25-16)18-10(22)8-9-6-4-3-5-7-9/h3-7,11-12,15H,8H2,1-2H3,(H,18,22)/t11?,12?,15-/m1/s1. The van der Waals surface area contributed by atoms with Gasteiger partial charge in [-0.05, 0) is 30.1 Å². The first-order valence-electron chi connectivity index (χ1n) is 7.77. The van der Waals surface area contributed by atoms with Crippen LogP contribution in [0.3, 0.4) is 0 Å². The van der Waals surface area contributed by atoms with Crippen LogP contribution in [-0.4, -0.2) is 44.8 Å². The number of hydrogen-bond donors (Lipinski definition) is 1. The summed E-state index contributed by atoms with van der Waals surface area (Å²) in [5.41, 5.74) is 9.35. The summed E-state index contributed by atoms with van der Waals surface area (Å²) in [6.45, 7) is 3.64. The third kappa shape index (κ3) is 3.08. The van der Waals surface area contributed by atoms with Crippen molar-refractivity contribution in [1.29, 1.82) is 0 Å². The lowest BCUT2D eigenvalue weighted by molar-refractivity contribution is -0.154. The van der Waals surface area contributed by atoms with Gasteiger partial charge in [-0.3, -0.25) is 14.4 Å². The predicted molar refractivity (Wildman–Crippen MR) is 92.3 cm³/mol. The van der Waals surface area contributed by atoms with Crippen LogP contribution in [0, 0.1) is 0 Å². The Morgan fingerprint density at radius 1 is 1.36 bits per heavy atom. The lowest BCUT2D eigenvalue weighted by Gasteiger charge is -2.44. The normalized spacial score (nSPS) is 26.2. The van der Waals surface area contributed by atoms with Crippen LogP contribution < -0.4 is 5.32 Å². The highest BCUT2D eigenvalue weighted by Gasteiger charge is 2.63. The number of fused-ring (bicyclic) bond motifs is 1. The Morgan fingerprint density at radius 2 is 2.04 bits per heavy atom. The number of β-lactam (4-membered cyclic amide) rings is 1. The van der Waals surface area contributed by atoms with Crippen molar-refractivity contribution in [3.63, 3.8) is 0 Å². The van der Waals surface area contributed by atoms with Crippen LogP contribution in [0.4, 0.5) is 0 Å². The SMILES string of the molecule is CC1(C)S[C@@H]2C(NC(=O)Cc3ccccc3)C(=O)N2C1C(=O)N=[N+]=[N-]. The van der Waals surface area contributed by atoms with E-state index < -0.39 is 22.7 Å². The minimum absolute atomic E-state index is 0.187. The summed E-state index contributed by atoms with van der Waals surface area (Å²) in [4.78, 5) is 40.6. The Hall–Kier alpha value is -2.51. The molecule has 3 amide bonds. The van der Waals surface area contributed by atoms with Crippen molar-refractivity contribution in [2.24, 2.45) is 5.11 Å². The van der Waals surface area contributed by atoms with Gasteiger partial charge >= 0.3 is 0 Å². The van der Waals surface area contributed by atoms with Gasteiger partial charge in [0.2, 0.25) is 17.7 Å². The molecule has 0 spiro atoms. The third-order valence-corrected chi connectivity index (χ3v) is 5.91. The van der Waals surface area contributed by atoms with Gasteiger partial charge in [0, 0.05) is 9.66 Å². The molecule has 130 valence electrons. The molecule has 1 N–H and O–H groups in total. The van der Waals surface area contributed by atoms with Crippen LogP contribution >= 0.6 is 11.8 Å². The number of thioether (sulfide) groups is 1. The average molecular weight is 359 g/mol. The molecule has 25 heavy (non-hydrogen) atoms. The quantitative estimate of drug-likeness (QED) is 0.380. The van der Waals surface area contributed by atoms with E-state index in [-0.39, 0.29) is 23.6 Å². The van der Waals surface area contributed by atoms with E-state index in [1.165, 1.54) is 16.7 Å². The number of benzene rings is 1. The van der Waals surface area contributed by atoms with E-state index in [2.05, 4.69) is 15.3 Å². The summed E-state index contributed by atoms with van der Waals surface area (Å²) in [7, 11) is 0. The van der Waals surface area contributed by atoms with Crippen molar-refractivity contribution in [1.82, 2.24) is 10.2 Å². The Morgan fingerprint density at radius 3 is 2.68 bits per heavy atom. The van der Waals surface area contributed by atoms with Gasteiger partial charge in [0.05, 0.1) is 6.42 Å². The summed E-state index contributed by atoms with van der Waals surface area (Å²) < 4.78 is -0.593. The number of amides is 3. The number of rotatable bonds is 4. The van der Waals surface area contributed by atoms with Crippen molar-refractivity contribution < 1.29 is 14.4 Å². The van der Waals surface area contributed by atoms with Gasteiger partial charge in [0.25, 0.3) is 0 Å². The number of azide groups is 1. The van der Waals surface area contributed by atoms with Gasteiger partial charge in [0.1, 0.15) is 17.5 Å². The lowest BCUT2D eigenvalue weighted by atomic mass is 9.95. The Bertz CT molecular complexity index is 775. The minimum atomic E-state index is -0.812. The molecule has 3 atom stereocenters. The summed E-state index contributed by atoms with van der Waals surface area (Å²) in [5, 5.41) is 5.57. The zero-order valence-electron chi connectivity index (χ0n) is 13.7. The predicted octanol–water partition coefficient (Wildman–Crippen LogP) is 1.61. The number of nitrogens with zero attached hydrogens (tertiary/aromatic N) is 4. The summed E-state index contributed by atoms with van der Waals surface area (Å²) >= 11 is 1.43. The van der Waals surface area contributed by atoms with Crippen molar-refractivity contribution >= 4 is 29.5 Å². The highest BCUT2D eigenvalue weighted by molar-refractivity contribution is 8.01. The Balaban J connectivity index is 1.69. The molecule has 0 aliphatic carbocycles. The largest absolute Gasteiger partial charge is 0.341 e. The van der Waals surface area contributed by atoms with E-state index in [1.54, 1.807) is 0 Å². The first-order valence-corrected chi connectivity index (χ1v) is 8.65. The highest BCUT2D eigenvalue weighted by atomic mass is 32.2. The van der Waals surface area contributed by atoms with Gasteiger partial charge in [-0.2, -0.15) is 0 Å². The van der Waals surface area contributed by atoms with Crippen LogP contribution in [0.25, 0.3) is 10.4 Å². The number of carbonyl (C=O) groups is 3. The van der Waals surface area contributed by atoms with Gasteiger partial charge in [0.15, 0.2) is 0 Å². The molecule has 0 bridgehead atoms. The molecule has 2 saturated heterocycles. The molecule has 0 saturated carbocycles. The molecular formula is C16H17N5O3S. The summed E-state index contributed by atoms with van der Waals surface area (Å²) in [5.74, 6) is -1.24. The number of hydrogen-bond acceptors (Lipinski definition) is 4. The minimum Gasteiger partial charge on any atom is -0.341 e. The number of carbonyl (C=O) groups excluding carboxylic acids is 3. The lowest BCUT2D eigenvalue weighted by Crippen LogP contribution is -2.70. The maximum atomic E-state index is 12.4. The fourth-order valence-electron chi connectivity index (χ4n) is 3.25. The van der Waals surface area contributed by atoms with Crippen LogP contribution in [0.5, 0.6) is 0 Å². The Kier molecular flexibility index (Phi) is 4.45. The highest BCUT2D eigenvalue weighted by Crippen LogP contribution is 2.51. The van der Waals surface area contributed by atoms with Gasteiger partial charge < -0.3 is 10.2 Å². The fourth-order valence-corrected chi connectivity index (χ4v) is 4.88. The van der Waals surface area contributed by atoms with Crippen molar-refractivity contribution in [3.8, 4) is 0 Å². The van der Waals surface area contributed by atoms with E-state index in [1.807, 2.05) is 44.2 Å². The van der Waals surface area contributed by atoms with Crippen LogP contribution in [0.1, 0.15) is 19.4 Å². The molecule has 0 aromatic heterocycles. The van der Waals surface area contributed by atoms with Crippen molar-refractivity contribution in [3.05, 3.63) is 46.3 Å². The van der Waals surface area contributed by atoms with Crippen LogP contribution in [-0.2, 0) is 20.8 Å². The van der Waals surface area contributed by atoms with Crippen LogP contribution in [0.2, 0.25) is 0 Å². The smallest absolute Gasteiger partial charge is 0.249 e.